The highest BCUT2D eigenvalue weighted by molar-refractivity contribution is 9.10. The molecular formula is C15H17BrN2O2S. The normalized spacial score (nSPS) is 14.4. The molecule has 1 aromatic carbocycles. The van der Waals surface area contributed by atoms with E-state index in [0.29, 0.717) is 6.79 Å². The summed E-state index contributed by atoms with van der Waals surface area (Å²) in [6.07, 6.45) is 3.01. The molecule has 0 aliphatic carbocycles. The second kappa shape index (κ2) is 6.34. The third-order valence-electron chi connectivity index (χ3n) is 3.39. The van der Waals surface area contributed by atoms with Crippen molar-refractivity contribution in [1.29, 1.82) is 0 Å². The molecule has 1 N–H and O–H groups in total. The van der Waals surface area contributed by atoms with E-state index in [9.17, 15) is 0 Å². The van der Waals surface area contributed by atoms with Crippen LogP contribution in [0.25, 0.3) is 0 Å². The molecule has 112 valence electrons. The fourth-order valence-electron chi connectivity index (χ4n) is 2.17. The number of hydrogen-bond acceptors (Lipinski definition) is 5. The van der Waals surface area contributed by atoms with E-state index in [1.165, 1.54) is 4.88 Å². The number of aromatic nitrogens is 1. The molecule has 1 unspecified atom stereocenters. The monoisotopic (exact) mass is 368 g/mol. The van der Waals surface area contributed by atoms with Gasteiger partial charge in [0, 0.05) is 17.6 Å². The SMILES string of the molecule is CCc1cnc(C(C)NCc2cc(Br)c3c(c2)OCO3)s1. The number of fused-ring (bicyclic) bond motifs is 1. The van der Waals surface area contributed by atoms with Crippen LogP contribution in [0.1, 0.15) is 35.3 Å². The van der Waals surface area contributed by atoms with Crippen molar-refractivity contribution in [1.82, 2.24) is 10.3 Å². The fraction of sp³-hybridized carbons (Fsp3) is 0.400. The molecule has 2 heterocycles. The van der Waals surface area contributed by atoms with Gasteiger partial charge in [0.25, 0.3) is 0 Å². The van der Waals surface area contributed by atoms with Gasteiger partial charge in [-0.25, -0.2) is 4.98 Å². The number of benzene rings is 1. The minimum absolute atomic E-state index is 0.236. The Morgan fingerprint density at radius 1 is 1.43 bits per heavy atom. The molecule has 0 bridgehead atoms. The zero-order valence-corrected chi connectivity index (χ0v) is 14.4. The lowest BCUT2D eigenvalue weighted by molar-refractivity contribution is 0.173. The van der Waals surface area contributed by atoms with Gasteiger partial charge in [0.1, 0.15) is 5.01 Å². The van der Waals surface area contributed by atoms with E-state index in [-0.39, 0.29) is 6.04 Å². The number of nitrogens with one attached hydrogen (secondary N) is 1. The maximum absolute atomic E-state index is 5.44. The standard InChI is InChI=1S/C15H17BrN2O2S/c1-3-11-7-18-15(21-11)9(2)17-6-10-4-12(16)14-13(5-10)19-8-20-14/h4-5,7,9,17H,3,6,8H2,1-2H3. The van der Waals surface area contributed by atoms with Gasteiger partial charge in [-0.3, -0.25) is 0 Å². The number of nitrogens with zero attached hydrogens (tertiary/aromatic N) is 1. The predicted octanol–water partition coefficient (Wildman–Crippen LogP) is 4.05. The van der Waals surface area contributed by atoms with E-state index in [4.69, 9.17) is 9.47 Å². The number of aryl methyl sites for hydroxylation is 1. The van der Waals surface area contributed by atoms with Crippen LogP contribution in [0.5, 0.6) is 11.5 Å². The molecule has 0 radical (unpaired) electrons. The van der Waals surface area contributed by atoms with E-state index in [1.807, 2.05) is 12.3 Å². The molecule has 6 heteroatoms. The van der Waals surface area contributed by atoms with Crippen molar-refractivity contribution in [2.75, 3.05) is 6.79 Å². The Balaban J connectivity index is 1.66. The first-order valence-corrected chi connectivity index (χ1v) is 8.54. The quantitative estimate of drug-likeness (QED) is 0.864. The summed E-state index contributed by atoms with van der Waals surface area (Å²) in [5.41, 5.74) is 1.16. The van der Waals surface area contributed by atoms with Crippen LogP contribution < -0.4 is 14.8 Å². The third kappa shape index (κ3) is 3.22. The summed E-state index contributed by atoms with van der Waals surface area (Å²) >= 11 is 5.29. The summed E-state index contributed by atoms with van der Waals surface area (Å²) in [5.74, 6) is 1.59. The topological polar surface area (TPSA) is 43.4 Å². The van der Waals surface area contributed by atoms with E-state index < -0.39 is 0 Å². The molecule has 1 aliphatic rings. The second-order valence-electron chi connectivity index (χ2n) is 4.93. The highest BCUT2D eigenvalue weighted by Gasteiger charge is 2.18. The lowest BCUT2D eigenvalue weighted by atomic mass is 10.2. The number of thiazole rings is 1. The average molecular weight is 369 g/mol. The number of halogens is 1. The van der Waals surface area contributed by atoms with Crippen LogP contribution in [-0.4, -0.2) is 11.8 Å². The molecule has 0 spiro atoms. The zero-order chi connectivity index (χ0) is 14.8. The lowest BCUT2D eigenvalue weighted by Gasteiger charge is -2.12. The maximum Gasteiger partial charge on any atom is 0.231 e. The van der Waals surface area contributed by atoms with Crippen molar-refractivity contribution in [3.05, 3.63) is 38.3 Å². The Hall–Kier alpha value is -1.11. The van der Waals surface area contributed by atoms with Crippen LogP contribution in [0.4, 0.5) is 0 Å². The molecule has 0 amide bonds. The van der Waals surface area contributed by atoms with E-state index in [2.05, 4.69) is 46.1 Å². The molecule has 4 nitrogen and oxygen atoms in total. The van der Waals surface area contributed by atoms with Crippen molar-refractivity contribution in [2.24, 2.45) is 0 Å². The van der Waals surface area contributed by atoms with Gasteiger partial charge in [-0.2, -0.15) is 0 Å². The lowest BCUT2D eigenvalue weighted by Crippen LogP contribution is -2.17. The number of rotatable bonds is 5. The molecular weight excluding hydrogens is 352 g/mol. The number of ether oxygens (including phenoxy) is 2. The second-order valence-corrected chi connectivity index (χ2v) is 6.93. The first kappa shape index (κ1) is 14.8. The third-order valence-corrected chi connectivity index (χ3v) is 5.30. The maximum atomic E-state index is 5.44. The van der Waals surface area contributed by atoms with E-state index >= 15 is 0 Å². The fourth-order valence-corrected chi connectivity index (χ4v) is 3.66. The Morgan fingerprint density at radius 2 is 2.29 bits per heavy atom. The van der Waals surface area contributed by atoms with Gasteiger partial charge in [-0.05, 0) is 47.0 Å². The van der Waals surface area contributed by atoms with Crippen LogP contribution in [0.15, 0.2) is 22.8 Å². The Labute approximate surface area is 136 Å². The summed E-state index contributed by atoms with van der Waals surface area (Å²) in [4.78, 5) is 5.80. The minimum Gasteiger partial charge on any atom is -0.454 e. The first-order chi connectivity index (χ1) is 10.2. The molecule has 1 aliphatic heterocycles. The molecule has 21 heavy (non-hydrogen) atoms. The van der Waals surface area contributed by atoms with Gasteiger partial charge >= 0.3 is 0 Å². The summed E-state index contributed by atoms with van der Waals surface area (Å²) in [6, 6.07) is 4.32. The smallest absolute Gasteiger partial charge is 0.231 e. The highest BCUT2D eigenvalue weighted by Crippen LogP contribution is 2.40. The predicted molar refractivity (Wildman–Crippen MR) is 87.0 cm³/mol. The Bertz CT molecular complexity index is 645. The molecule has 0 saturated heterocycles. The summed E-state index contributed by atoms with van der Waals surface area (Å²) in [5, 5.41) is 4.63. The Morgan fingerprint density at radius 3 is 3.05 bits per heavy atom. The Kier molecular flexibility index (Phi) is 4.47. The van der Waals surface area contributed by atoms with Crippen molar-refractivity contribution in [3.8, 4) is 11.5 Å². The van der Waals surface area contributed by atoms with Crippen molar-refractivity contribution < 1.29 is 9.47 Å². The van der Waals surface area contributed by atoms with Crippen molar-refractivity contribution in [3.63, 3.8) is 0 Å². The van der Waals surface area contributed by atoms with Gasteiger partial charge in [0.15, 0.2) is 11.5 Å². The van der Waals surface area contributed by atoms with Gasteiger partial charge in [0.2, 0.25) is 6.79 Å². The molecule has 0 fully saturated rings. The van der Waals surface area contributed by atoms with Crippen LogP contribution in [0.2, 0.25) is 0 Å². The van der Waals surface area contributed by atoms with E-state index in [0.717, 1.165) is 39.5 Å². The van der Waals surface area contributed by atoms with Gasteiger partial charge in [0.05, 0.1) is 10.5 Å². The number of hydrogen-bond donors (Lipinski definition) is 1. The zero-order valence-electron chi connectivity index (χ0n) is 12.0. The summed E-state index contributed by atoms with van der Waals surface area (Å²) in [7, 11) is 0. The molecule has 1 atom stereocenters. The van der Waals surface area contributed by atoms with Crippen molar-refractivity contribution >= 4 is 27.3 Å². The van der Waals surface area contributed by atoms with Crippen LogP contribution in [0.3, 0.4) is 0 Å². The molecule has 1 aromatic heterocycles. The average Bonchev–Trinajstić information content (AvgIpc) is 3.13. The van der Waals surface area contributed by atoms with Crippen LogP contribution >= 0.6 is 27.3 Å². The molecule has 0 saturated carbocycles. The summed E-state index contributed by atoms with van der Waals surface area (Å²) < 4.78 is 11.8. The minimum atomic E-state index is 0.236. The van der Waals surface area contributed by atoms with Gasteiger partial charge in [-0.15, -0.1) is 11.3 Å². The molecule has 3 rings (SSSR count). The van der Waals surface area contributed by atoms with Crippen LogP contribution in [-0.2, 0) is 13.0 Å². The molecule has 2 aromatic rings. The van der Waals surface area contributed by atoms with Gasteiger partial charge < -0.3 is 14.8 Å². The highest BCUT2D eigenvalue weighted by atomic mass is 79.9. The van der Waals surface area contributed by atoms with E-state index in [1.54, 1.807) is 11.3 Å². The summed E-state index contributed by atoms with van der Waals surface area (Å²) in [6.45, 7) is 5.34. The van der Waals surface area contributed by atoms with Gasteiger partial charge in [-0.1, -0.05) is 6.92 Å². The van der Waals surface area contributed by atoms with Crippen molar-refractivity contribution in [2.45, 2.75) is 32.9 Å². The largest absolute Gasteiger partial charge is 0.454 e. The first-order valence-electron chi connectivity index (χ1n) is 6.93. The van der Waals surface area contributed by atoms with Crippen LogP contribution in [0, 0.1) is 0 Å².